The van der Waals surface area contributed by atoms with E-state index in [0.717, 1.165) is 16.7 Å². The molecule has 0 saturated heterocycles. The third-order valence-corrected chi connectivity index (χ3v) is 3.05. The standard InChI is InChI=1S/C14H8F3N3O/c15-14(16,17)10-6-7-11-18-12(9-4-2-1-3-5-9)13(19-21)20(11)8-10/h1-8H. The number of pyridine rings is 1. The van der Waals surface area contributed by atoms with Crippen LogP contribution in [0.15, 0.2) is 53.8 Å². The number of hydrogen-bond acceptors (Lipinski definition) is 3. The van der Waals surface area contributed by atoms with E-state index < -0.39 is 11.7 Å². The molecule has 0 amide bonds. The van der Waals surface area contributed by atoms with Gasteiger partial charge in [-0.2, -0.15) is 13.2 Å². The van der Waals surface area contributed by atoms with Crippen molar-refractivity contribution in [2.24, 2.45) is 5.18 Å². The number of alkyl halides is 3. The molecular weight excluding hydrogens is 283 g/mol. The predicted molar refractivity (Wildman–Crippen MR) is 71.1 cm³/mol. The van der Waals surface area contributed by atoms with Gasteiger partial charge in [-0.3, -0.25) is 4.40 Å². The Kier molecular flexibility index (Phi) is 2.97. The van der Waals surface area contributed by atoms with Crippen molar-refractivity contribution in [2.45, 2.75) is 6.18 Å². The minimum Gasteiger partial charge on any atom is -0.281 e. The zero-order valence-corrected chi connectivity index (χ0v) is 10.5. The molecule has 2 aromatic heterocycles. The molecular formula is C14H8F3N3O. The van der Waals surface area contributed by atoms with Crippen molar-refractivity contribution in [3.8, 4) is 11.3 Å². The number of aromatic nitrogens is 2. The summed E-state index contributed by atoms with van der Waals surface area (Å²) >= 11 is 0. The van der Waals surface area contributed by atoms with Gasteiger partial charge in [0.1, 0.15) is 11.3 Å². The van der Waals surface area contributed by atoms with Gasteiger partial charge >= 0.3 is 6.18 Å². The zero-order chi connectivity index (χ0) is 15.0. The van der Waals surface area contributed by atoms with Gasteiger partial charge in [-0.15, -0.1) is 4.91 Å². The van der Waals surface area contributed by atoms with E-state index in [0.29, 0.717) is 5.56 Å². The first-order valence-electron chi connectivity index (χ1n) is 5.99. The second-order valence-electron chi connectivity index (χ2n) is 4.39. The van der Waals surface area contributed by atoms with Crippen LogP contribution in [0.2, 0.25) is 0 Å². The smallest absolute Gasteiger partial charge is 0.281 e. The largest absolute Gasteiger partial charge is 0.417 e. The van der Waals surface area contributed by atoms with Crippen molar-refractivity contribution in [2.75, 3.05) is 0 Å². The van der Waals surface area contributed by atoms with Crippen LogP contribution < -0.4 is 0 Å². The average Bonchev–Trinajstić information content (AvgIpc) is 2.84. The van der Waals surface area contributed by atoms with Gasteiger partial charge in [0.15, 0.2) is 0 Å². The average molecular weight is 291 g/mol. The SMILES string of the molecule is O=Nc1c(-c2ccccc2)nc2ccc(C(F)(F)F)cn12. The van der Waals surface area contributed by atoms with Gasteiger partial charge in [0, 0.05) is 11.8 Å². The molecule has 1 aromatic carbocycles. The van der Waals surface area contributed by atoms with Crippen molar-refractivity contribution in [1.82, 2.24) is 9.38 Å². The summed E-state index contributed by atoms with van der Waals surface area (Å²) in [6, 6.07) is 10.8. The summed E-state index contributed by atoms with van der Waals surface area (Å²) in [6.07, 6.45) is -3.67. The van der Waals surface area contributed by atoms with E-state index in [4.69, 9.17) is 0 Å². The molecule has 7 heteroatoms. The molecule has 0 aliphatic rings. The quantitative estimate of drug-likeness (QED) is 0.656. The Bertz CT molecular complexity index is 809. The van der Waals surface area contributed by atoms with Crippen molar-refractivity contribution in [3.05, 3.63) is 59.1 Å². The molecule has 3 aromatic rings. The van der Waals surface area contributed by atoms with Gasteiger partial charge < -0.3 is 0 Å². The van der Waals surface area contributed by atoms with Crippen molar-refractivity contribution in [1.29, 1.82) is 0 Å². The van der Waals surface area contributed by atoms with Gasteiger partial charge in [-0.05, 0) is 17.3 Å². The first kappa shape index (κ1) is 13.3. The van der Waals surface area contributed by atoms with Crippen LogP contribution in [0.4, 0.5) is 19.0 Å². The van der Waals surface area contributed by atoms with Gasteiger partial charge in [-0.25, -0.2) is 4.98 Å². The van der Waals surface area contributed by atoms with E-state index in [1.165, 1.54) is 6.07 Å². The Morgan fingerprint density at radius 1 is 1.05 bits per heavy atom. The zero-order valence-electron chi connectivity index (χ0n) is 10.5. The molecule has 21 heavy (non-hydrogen) atoms. The molecule has 0 bridgehead atoms. The lowest BCUT2D eigenvalue weighted by atomic mass is 10.1. The molecule has 2 heterocycles. The molecule has 0 spiro atoms. The third-order valence-electron chi connectivity index (χ3n) is 3.05. The number of imidazole rings is 1. The summed E-state index contributed by atoms with van der Waals surface area (Å²) in [5.41, 5.74) is 0.239. The van der Waals surface area contributed by atoms with Crippen LogP contribution in [-0.2, 0) is 6.18 Å². The minimum absolute atomic E-state index is 0.151. The Morgan fingerprint density at radius 3 is 2.38 bits per heavy atom. The lowest BCUT2D eigenvalue weighted by Crippen LogP contribution is -2.05. The summed E-state index contributed by atoms with van der Waals surface area (Å²) in [6.45, 7) is 0. The number of fused-ring (bicyclic) bond motifs is 1. The highest BCUT2D eigenvalue weighted by molar-refractivity contribution is 5.74. The monoisotopic (exact) mass is 291 g/mol. The number of rotatable bonds is 2. The lowest BCUT2D eigenvalue weighted by Gasteiger charge is -2.06. The molecule has 0 fully saturated rings. The number of halogens is 3. The third kappa shape index (κ3) is 2.26. The van der Waals surface area contributed by atoms with Crippen LogP contribution in [0.3, 0.4) is 0 Å². The van der Waals surface area contributed by atoms with E-state index in [1.807, 2.05) is 0 Å². The Morgan fingerprint density at radius 2 is 1.76 bits per heavy atom. The fraction of sp³-hybridized carbons (Fsp3) is 0.0714. The minimum atomic E-state index is -4.49. The number of nitroso groups, excluding NO2 is 1. The fourth-order valence-electron chi connectivity index (χ4n) is 2.08. The van der Waals surface area contributed by atoms with E-state index in [-0.39, 0.29) is 17.2 Å². The van der Waals surface area contributed by atoms with Crippen molar-refractivity contribution in [3.63, 3.8) is 0 Å². The van der Waals surface area contributed by atoms with Gasteiger partial charge in [0.05, 0.1) is 5.56 Å². The number of nitrogens with zero attached hydrogens (tertiary/aromatic N) is 3. The van der Waals surface area contributed by atoms with Crippen LogP contribution in [0.1, 0.15) is 5.56 Å². The van der Waals surface area contributed by atoms with Crippen molar-refractivity contribution < 1.29 is 13.2 Å². The molecule has 0 saturated carbocycles. The molecule has 3 rings (SSSR count). The highest BCUT2D eigenvalue weighted by Crippen LogP contribution is 2.34. The van der Waals surface area contributed by atoms with Gasteiger partial charge in [-0.1, -0.05) is 30.3 Å². The highest BCUT2D eigenvalue weighted by Gasteiger charge is 2.31. The van der Waals surface area contributed by atoms with E-state index in [1.54, 1.807) is 30.3 Å². The Labute approximate surface area is 116 Å². The van der Waals surface area contributed by atoms with E-state index >= 15 is 0 Å². The maximum absolute atomic E-state index is 12.7. The second kappa shape index (κ2) is 4.69. The van der Waals surface area contributed by atoms with Crippen LogP contribution in [0, 0.1) is 4.91 Å². The highest BCUT2D eigenvalue weighted by atomic mass is 19.4. The van der Waals surface area contributed by atoms with Crippen LogP contribution >= 0.6 is 0 Å². The molecule has 106 valence electrons. The second-order valence-corrected chi connectivity index (χ2v) is 4.39. The summed E-state index contributed by atoms with van der Waals surface area (Å²) in [4.78, 5) is 15.2. The number of benzene rings is 1. The molecule has 0 radical (unpaired) electrons. The van der Waals surface area contributed by atoms with Crippen LogP contribution in [0.25, 0.3) is 16.9 Å². The van der Waals surface area contributed by atoms with Crippen LogP contribution in [-0.4, -0.2) is 9.38 Å². The molecule has 0 aliphatic heterocycles. The van der Waals surface area contributed by atoms with Gasteiger partial charge in [0.2, 0.25) is 5.82 Å². The fourth-order valence-corrected chi connectivity index (χ4v) is 2.08. The lowest BCUT2D eigenvalue weighted by molar-refractivity contribution is -0.137. The topological polar surface area (TPSA) is 46.7 Å². The molecule has 0 N–H and O–H groups in total. The number of hydrogen-bond donors (Lipinski definition) is 0. The van der Waals surface area contributed by atoms with E-state index in [2.05, 4.69) is 10.2 Å². The summed E-state index contributed by atoms with van der Waals surface area (Å²) in [7, 11) is 0. The first-order chi connectivity index (χ1) is 10.0. The van der Waals surface area contributed by atoms with Crippen molar-refractivity contribution >= 4 is 11.5 Å². The molecule has 0 aliphatic carbocycles. The molecule has 0 atom stereocenters. The predicted octanol–water partition coefficient (Wildman–Crippen LogP) is 4.42. The molecule has 0 unspecified atom stereocenters. The maximum Gasteiger partial charge on any atom is 0.417 e. The summed E-state index contributed by atoms with van der Waals surface area (Å²) in [5, 5.41) is 2.84. The van der Waals surface area contributed by atoms with Crippen LogP contribution in [0.5, 0.6) is 0 Å². The van der Waals surface area contributed by atoms with Gasteiger partial charge in [0.25, 0.3) is 0 Å². The first-order valence-corrected chi connectivity index (χ1v) is 5.99. The Balaban J connectivity index is 2.27. The summed E-state index contributed by atoms with van der Waals surface area (Å²) in [5.74, 6) is -0.151. The summed E-state index contributed by atoms with van der Waals surface area (Å²) < 4.78 is 39.3. The molecule has 4 nitrogen and oxygen atoms in total. The van der Waals surface area contributed by atoms with E-state index in [9.17, 15) is 18.1 Å². The maximum atomic E-state index is 12.7. The Hall–Kier alpha value is -2.70. The normalized spacial score (nSPS) is 11.8.